The molecule has 104 valence electrons. The highest BCUT2D eigenvalue weighted by Gasteiger charge is 2.21. The molecule has 0 radical (unpaired) electrons. The average Bonchev–Trinajstić information content (AvgIpc) is 2.44. The maximum Gasteiger partial charge on any atom is 0.332 e. The number of hydrogen-bond acceptors (Lipinski definition) is 3. The zero-order valence-electron chi connectivity index (χ0n) is 11.4. The van der Waals surface area contributed by atoms with Gasteiger partial charge < -0.3 is 10.1 Å². The minimum absolute atomic E-state index is 0.387. The van der Waals surface area contributed by atoms with Gasteiger partial charge >= 0.3 is 5.97 Å². The van der Waals surface area contributed by atoms with Gasteiger partial charge in [0.1, 0.15) is 5.82 Å². The van der Waals surface area contributed by atoms with Gasteiger partial charge in [0.25, 0.3) is 0 Å². The molecule has 0 aliphatic rings. The van der Waals surface area contributed by atoms with E-state index in [0.29, 0.717) is 5.56 Å². The number of anilines is 1. The molecule has 1 N–H and O–H groups in total. The number of halogens is 1. The van der Waals surface area contributed by atoms with Gasteiger partial charge in [-0.05, 0) is 42.3 Å². The molecular weight excluding hydrogens is 257 g/mol. The Morgan fingerprint density at radius 1 is 1.20 bits per heavy atom. The van der Waals surface area contributed by atoms with E-state index in [1.807, 2.05) is 31.2 Å². The molecule has 0 aromatic heterocycles. The maximum atomic E-state index is 13.3. The molecule has 0 spiro atoms. The summed E-state index contributed by atoms with van der Waals surface area (Å²) in [5.41, 5.74) is 2.38. The molecule has 0 saturated carbocycles. The lowest BCUT2D eigenvalue weighted by atomic mass is 10.1. The molecule has 0 bridgehead atoms. The van der Waals surface area contributed by atoms with Crippen molar-refractivity contribution < 1.29 is 13.9 Å². The van der Waals surface area contributed by atoms with Crippen LogP contribution in [-0.2, 0) is 9.53 Å². The highest BCUT2D eigenvalue weighted by atomic mass is 19.1. The molecule has 0 saturated heterocycles. The fourth-order valence-corrected chi connectivity index (χ4v) is 1.98. The van der Waals surface area contributed by atoms with Gasteiger partial charge in [-0.1, -0.05) is 24.3 Å². The second-order valence-corrected chi connectivity index (χ2v) is 4.52. The highest BCUT2D eigenvalue weighted by Crippen LogP contribution is 2.22. The maximum absolute atomic E-state index is 13.3. The lowest BCUT2D eigenvalue weighted by Gasteiger charge is -2.18. The van der Waals surface area contributed by atoms with Gasteiger partial charge in [0.15, 0.2) is 6.04 Å². The van der Waals surface area contributed by atoms with Gasteiger partial charge in [-0.2, -0.15) is 0 Å². The quantitative estimate of drug-likeness (QED) is 0.867. The first kappa shape index (κ1) is 14.1. The Morgan fingerprint density at radius 3 is 2.60 bits per heavy atom. The van der Waals surface area contributed by atoms with E-state index in [9.17, 15) is 9.18 Å². The van der Waals surface area contributed by atoms with E-state index in [1.165, 1.54) is 19.2 Å². The van der Waals surface area contributed by atoms with Crippen molar-refractivity contribution in [1.82, 2.24) is 0 Å². The smallest absolute Gasteiger partial charge is 0.332 e. The molecule has 0 heterocycles. The first-order valence-corrected chi connectivity index (χ1v) is 6.26. The predicted molar refractivity (Wildman–Crippen MR) is 76.0 cm³/mol. The minimum Gasteiger partial charge on any atom is -0.467 e. The Kier molecular flexibility index (Phi) is 4.35. The van der Waals surface area contributed by atoms with Crippen LogP contribution in [0.15, 0.2) is 48.5 Å². The first-order chi connectivity index (χ1) is 9.60. The first-order valence-electron chi connectivity index (χ1n) is 6.26. The summed E-state index contributed by atoms with van der Waals surface area (Å²) in [6.45, 7) is 1.96. The third kappa shape index (κ3) is 3.35. The number of hydrogen-bond donors (Lipinski definition) is 1. The van der Waals surface area contributed by atoms with Crippen LogP contribution in [0.1, 0.15) is 17.2 Å². The normalized spacial score (nSPS) is 11.8. The number of benzene rings is 2. The van der Waals surface area contributed by atoms with Crippen molar-refractivity contribution in [2.45, 2.75) is 13.0 Å². The molecule has 1 atom stereocenters. The standard InChI is InChI=1S/C16H16FNO2/c1-11-5-3-8-14(9-11)18-15(16(19)20-2)12-6-4-7-13(17)10-12/h3-10,15,18H,1-2H3. The van der Waals surface area contributed by atoms with Crippen LogP contribution in [0.25, 0.3) is 0 Å². The Balaban J connectivity index is 2.31. The summed E-state index contributed by atoms with van der Waals surface area (Å²) in [4.78, 5) is 11.9. The summed E-state index contributed by atoms with van der Waals surface area (Å²) in [6, 6.07) is 12.8. The number of aryl methyl sites for hydroxylation is 1. The third-order valence-corrected chi connectivity index (χ3v) is 2.95. The van der Waals surface area contributed by atoms with Crippen LogP contribution in [0.2, 0.25) is 0 Å². The number of carbonyl (C=O) groups excluding carboxylic acids is 1. The number of esters is 1. The zero-order valence-corrected chi connectivity index (χ0v) is 11.4. The summed E-state index contributed by atoms with van der Waals surface area (Å²) in [5.74, 6) is -0.848. The van der Waals surface area contributed by atoms with E-state index in [2.05, 4.69) is 5.32 Å². The molecule has 1 unspecified atom stereocenters. The van der Waals surface area contributed by atoms with Crippen molar-refractivity contribution in [3.63, 3.8) is 0 Å². The van der Waals surface area contributed by atoms with E-state index in [4.69, 9.17) is 4.74 Å². The van der Waals surface area contributed by atoms with E-state index >= 15 is 0 Å². The Hall–Kier alpha value is -2.36. The van der Waals surface area contributed by atoms with Gasteiger partial charge in [-0.25, -0.2) is 9.18 Å². The molecule has 0 aliphatic heterocycles. The van der Waals surface area contributed by atoms with Crippen LogP contribution in [0.4, 0.5) is 10.1 Å². The molecule has 0 aliphatic carbocycles. The van der Waals surface area contributed by atoms with E-state index < -0.39 is 12.0 Å². The van der Waals surface area contributed by atoms with Crippen molar-refractivity contribution >= 4 is 11.7 Å². The fourth-order valence-electron chi connectivity index (χ4n) is 1.98. The largest absolute Gasteiger partial charge is 0.467 e. The number of rotatable bonds is 4. The average molecular weight is 273 g/mol. The minimum atomic E-state index is -0.738. The van der Waals surface area contributed by atoms with Crippen molar-refractivity contribution in [2.75, 3.05) is 12.4 Å². The van der Waals surface area contributed by atoms with Gasteiger partial charge in [-0.15, -0.1) is 0 Å². The molecule has 0 amide bonds. The molecule has 2 rings (SSSR count). The number of nitrogens with one attached hydrogen (secondary N) is 1. The van der Waals surface area contributed by atoms with E-state index in [1.54, 1.807) is 12.1 Å². The molecule has 2 aromatic carbocycles. The second-order valence-electron chi connectivity index (χ2n) is 4.52. The van der Waals surface area contributed by atoms with Crippen LogP contribution in [-0.4, -0.2) is 13.1 Å². The van der Waals surface area contributed by atoms with Crippen molar-refractivity contribution in [1.29, 1.82) is 0 Å². The summed E-state index contributed by atoms with van der Waals surface area (Å²) in [6.07, 6.45) is 0. The lowest BCUT2D eigenvalue weighted by Crippen LogP contribution is -2.22. The Bertz CT molecular complexity index is 613. The third-order valence-electron chi connectivity index (χ3n) is 2.95. The molecule has 20 heavy (non-hydrogen) atoms. The Labute approximate surface area is 117 Å². The summed E-state index contributed by atoms with van der Waals surface area (Å²) < 4.78 is 18.1. The summed E-state index contributed by atoms with van der Waals surface area (Å²) in [7, 11) is 1.31. The van der Waals surface area contributed by atoms with Crippen LogP contribution >= 0.6 is 0 Å². The molecule has 3 nitrogen and oxygen atoms in total. The SMILES string of the molecule is COC(=O)C(Nc1cccc(C)c1)c1cccc(F)c1. The van der Waals surface area contributed by atoms with Gasteiger partial charge in [0, 0.05) is 5.69 Å². The van der Waals surface area contributed by atoms with Gasteiger partial charge in [-0.3, -0.25) is 0 Å². The Morgan fingerprint density at radius 2 is 1.95 bits per heavy atom. The van der Waals surface area contributed by atoms with E-state index in [0.717, 1.165) is 11.3 Å². The number of carbonyl (C=O) groups is 1. The molecular formula is C16H16FNO2. The van der Waals surface area contributed by atoms with Crippen molar-refractivity contribution in [3.05, 3.63) is 65.5 Å². The summed E-state index contributed by atoms with van der Waals surface area (Å²) >= 11 is 0. The van der Waals surface area contributed by atoms with Crippen molar-refractivity contribution in [2.24, 2.45) is 0 Å². The number of methoxy groups -OCH3 is 1. The second kappa shape index (κ2) is 6.19. The van der Waals surface area contributed by atoms with Crippen LogP contribution < -0.4 is 5.32 Å². The summed E-state index contributed by atoms with van der Waals surface area (Å²) in [5, 5.41) is 3.07. The molecule has 4 heteroatoms. The molecule has 2 aromatic rings. The van der Waals surface area contributed by atoms with Crippen LogP contribution in [0.5, 0.6) is 0 Å². The van der Waals surface area contributed by atoms with Crippen molar-refractivity contribution in [3.8, 4) is 0 Å². The topological polar surface area (TPSA) is 38.3 Å². The fraction of sp³-hybridized carbons (Fsp3) is 0.188. The van der Waals surface area contributed by atoms with Gasteiger partial charge in [0.2, 0.25) is 0 Å². The monoisotopic (exact) mass is 273 g/mol. The lowest BCUT2D eigenvalue weighted by molar-refractivity contribution is -0.141. The van der Waals surface area contributed by atoms with E-state index in [-0.39, 0.29) is 5.82 Å². The van der Waals surface area contributed by atoms with Crippen LogP contribution in [0, 0.1) is 12.7 Å². The van der Waals surface area contributed by atoms with Gasteiger partial charge in [0.05, 0.1) is 7.11 Å². The highest BCUT2D eigenvalue weighted by molar-refractivity contribution is 5.81. The predicted octanol–water partition coefficient (Wildman–Crippen LogP) is 3.46. The molecule has 0 fully saturated rings. The van der Waals surface area contributed by atoms with Crippen LogP contribution in [0.3, 0.4) is 0 Å². The zero-order chi connectivity index (χ0) is 14.5. The number of ether oxygens (including phenoxy) is 1.